The molecule has 0 unspecified atom stereocenters. The van der Waals surface area contributed by atoms with Crippen molar-refractivity contribution in [3.05, 3.63) is 35.4 Å². The monoisotopic (exact) mass is 387 g/mol. The lowest BCUT2D eigenvalue weighted by atomic mass is 9.95. The van der Waals surface area contributed by atoms with Gasteiger partial charge in [-0.2, -0.15) is 0 Å². The molecule has 2 aliphatic rings. The minimum absolute atomic E-state index is 0.0159. The zero-order valence-corrected chi connectivity index (χ0v) is 17.0. The Labute approximate surface area is 168 Å². The van der Waals surface area contributed by atoms with Gasteiger partial charge in [0.2, 0.25) is 11.8 Å². The van der Waals surface area contributed by atoms with Crippen molar-refractivity contribution in [3.63, 3.8) is 0 Å². The number of nitrogens with one attached hydrogen (secondary N) is 1. The van der Waals surface area contributed by atoms with Crippen LogP contribution in [0.15, 0.2) is 24.3 Å². The number of amides is 2. The second-order valence-corrected chi connectivity index (χ2v) is 7.83. The highest BCUT2D eigenvalue weighted by Gasteiger charge is 2.26. The first kappa shape index (κ1) is 20.8. The van der Waals surface area contributed by atoms with Crippen molar-refractivity contribution in [2.45, 2.75) is 45.7 Å². The molecule has 2 fully saturated rings. The Morgan fingerprint density at radius 2 is 1.82 bits per heavy atom. The van der Waals surface area contributed by atoms with E-state index in [1.165, 1.54) is 5.56 Å². The van der Waals surface area contributed by atoms with Crippen LogP contribution in [-0.2, 0) is 27.4 Å². The molecule has 0 saturated carbocycles. The molecule has 154 valence electrons. The summed E-state index contributed by atoms with van der Waals surface area (Å²) in [4.78, 5) is 28.8. The van der Waals surface area contributed by atoms with E-state index in [1.807, 2.05) is 11.8 Å². The zero-order chi connectivity index (χ0) is 19.8. The minimum atomic E-state index is 0.0159. The van der Waals surface area contributed by atoms with E-state index < -0.39 is 0 Å². The number of likely N-dealkylation sites (tertiary alicyclic amines) is 1. The third kappa shape index (κ3) is 6.04. The smallest absolute Gasteiger partial charge is 0.223 e. The third-order valence-corrected chi connectivity index (χ3v) is 5.65. The van der Waals surface area contributed by atoms with Gasteiger partial charge < -0.3 is 15.0 Å². The first-order valence-electron chi connectivity index (χ1n) is 10.6. The van der Waals surface area contributed by atoms with E-state index in [0.717, 1.165) is 57.7 Å². The highest BCUT2D eigenvalue weighted by Crippen LogP contribution is 2.19. The maximum absolute atomic E-state index is 12.5. The molecule has 0 aromatic heterocycles. The molecule has 28 heavy (non-hydrogen) atoms. The number of nitrogens with zero attached hydrogens (tertiary/aromatic N) is 2. The standard InChI is InChI=1S/C22H33N3O3/c1-2-4-21(26)25-9-7-20(8-10-25)22(27)23-16-18-5-3-6-19(15-18)17-24-11-13-28-14-12-24/h3,5-6,15,20H,2,4,7-14,16-17H2,1H3,(H,23,27). The van der Waals surface area contributed by atoms with Crippen molar-refractivity contribution in [2.24, 2.45) is 5.92 Å². The highest BCUT2D eigenvalue weighted by molar-refractivity contribution is 5.80. The first-order valence-corrected chi connectivity index (χ1v) is 10.6. The van der Waals surface area contributed by atoms with Crippen molar-refractivity contribution in [2.75, 3.05) is 39.4 Å². The van der Waals surface area contributed by atoms with E-state index in [9.17, 15) is 9.59 Å². The van der Waals surface area contributed by atoms with Gasteiger partial charge in [-0.15, -0.1) is 0 Å². The molecule has 1 aromatic rings. The lowest BCUT2D eigenvalue weighted by Gasteiger charge is -2.31. The second-order valence-electron chi connectivity index (χ2n) is 7.83. The Morgan fingerprint density at radius 1 is 1.11 bits per heavy atom. The van der Waals surface area contributed by atoms with E-state index in [4.69, 9.17) is 4.74 Å². The number of hydrogen-bond donors (Lipinski definition) is 1. The second kappa shape index (κ2) is 10.6. The molecule has 2 heterocycles. The summed E-state index contributed by atoms with van der Waals surface area (Å²) in [5.41, 5.74) is 2.41. The van der Waals surface area contributed by atoms with Gasteiger partial charge in [-0.1, -0.05) is 31.2 Å². The predicted molar refractivity (Wildman–Crippen MR) is 109 cm³/mol. The van der Waals surface area contributed by atoms with Crippen LogP contribution in [-0.4, -0.2) is 61.0 Å². The van der Waals surface area contributed by atoms with Crippen molar-refractivity contribution < 1.29 is 14.3 Å². The molecule has 0 aliphatic carbocycles. The molecule has 0 radical (unpaired) electrons. The maximum Gasteiger partial charge on any atom is 0.223 e. The molecule has 0 spiro atoms. The predicted octanol–water partition coefficient (Wildman–Crippen LogP) is 2.17. The number of morpholine rings is 1. The summed E-state index contributed by atoms with van der Waals surface area (Å²) in [5, 5.41) is 3.09. The molecule has 6 nitrogen and oxygen atoms in total. The molecule has 2 saturated heterocycles. The largest absolute Gasteiger partial charge is 0.379 e. The Balaban J connectivity index is 1.43. The molecule has 0 bridgehead atoms. The van der Waals surface area contributed by atoms with Gasteiger partial charge in [0.15, 0.2) is 0 Å². The lowest BCUT2D eigenvalue weighted by molar-refractivity contribution is -0.135. The van der Waals surface area contributed by atoms with Gasteiger partial charge in [0, 0.05) is 51.6 Å². The van der Waals surface area contributed by atoms with Crippen molar-refractivity contribution >= 4 is 11.8 Å². The van der Waals surface area contributed by atoms with Crippen LogP contribution >= 0.6 is 0 Å². The Bertz CT molecular complexity index is 650. The van der Waals surface area contributed by atoms with E-state index in [1.54, 1.807) is 0 Å². The topological polar surface area (TPSA) is 61.9 Å². The summed E-state index contributed by atoms with van der Waals surface area (Å²) in [6, 6.07) is 8.45. The van der Waals surface area contributed by atoms with Gasteiger partial charge in [0.05, 0.1) is 13.2 Å². The fourth-order valence-corrected chi connectivity index (χ4v) is 3.95. The van der Waals surface area contributed by atoms with Crippen LogP contribution in [0.25, 0.3) is 0 Å². The Kier molecular flexibility index (Phi) is 7.86. The zero-order valence-electron chi connectivity index (χ0n) is 17.0. The van der Waals surface area contributed by atoms with Crippen LogP contribution in [0.5, 0.6) is 0 Å². The van der Waals surface area contributed by atoms with E-state index in [2.05, 4.69) is 34.5 Å². The molecular weight excluding hydrogens is 354 g/mol. The molecule has 2 amide bonds. The van der Waals surface area contributed by atoms with Crippen LogP contribution in [0.2, 0.25) is 0 Å². The van der Waals surface area contributed by atoms with Crippen LogP contribution in [0.3, 0.4) is 0 Å². The Hall–Kier alpha value is -1.92. The van der Waals surface area contributed by atoms with Crippen LogP contribution < -0.4 is 5.32 Å². The average molecular weight is 388 g/mol. The fourth-order valence-electron chi connectivity index (χ4n) is 3.95. The fraction of sp³-hybridized carbons (Fsp3) is 0.636. The van der Waals surface area contributed by atoms with Crippen molar-refractivity contribution in [1.82, 2.24) is 15.1 Å². The number of carbonyl (C=O) groups excluding carboxylic acids is 2. The Morgan fingerprint density at radius 3 is 2.54 bits per heavy atom. The van der Waals surface area contributed by atoms with Crippen LogP contribution in [0.1, 0.15) is 43.7 Å². The van der Waals surface area contributed by atoms with Gasteiger partial charge in [0.1, 0.15) is 0 Å². The molecule has 1 aromatic carbocycles. The normalized spacial score (nSPS) is 18.8. The number of ether oxygens (including phenoxy) is 1. The molecule has 0 atom stereocenters. The minimum Gasteiger partial charge on any atom is -0.379 e. The SMILES string of the molecule is CCCC(=O)N1CCC(C(=O)NCc2cccc(CN3CCOCC3)c2)CC1. The highest BCUT2D eigenvalue weighted by atomic mass is 16.5. The quantitative estimate of drug-likeness (QED) is 0.779. The number of hydrogen-bond acceptors (Lipinski definition) is 4. The average Bonchev–Trinajstić information content (AvgIpc) is 2.73. The van der Waals surface area contributed by atoms with Gasteiger partial charge in [-0.05, 0) is 30.4 Å². The maximum atomic E-state index is 12.5. The molecule has 6 heteroatoms. The summed E-state index contributed by atoms with van der Waals surface area (Å²) >= 11 is 0. The first-order chi connectivity index (χ1) is 13.7. The van der Waals surface area contributed by atoms with Gasteiger partial charge in [0.25, 0.3) is 0 Å². The van der Waals surface area contributed by atoms with E-state index in [-0.39, 0.29) is 17.7 Å². The third-order valence-electron chi connectivity index (χ3n) is 5.65. The van der Waals surface area contributed by atoms with E-state index in [0.29, 0.717) is 26.1 Å². The molecular formula is C22H33N3O3. The summed E-state index contributed by atoms with van der Waals surface area (Å²) < 4.78 is 5.40. The van der Waals surface area contributed by atoms with Crippen LogP contribution in [0, 0.1) is 5.92 Å². The van der Waals surface area contributed by atoms with Crippen molar-refractivity contribution in [1.29, 1.82) is 0 Å². The summed E-state index contributed by atoms with van der Waals surface area (Å²) in [5.74, 6) is 0.349. The summed E-state index contributed by atoms with van der Waals surface area (Å²) in [6.45, 7) is 8.46. The van der Waals surface area contributed by atoms with Gasteiger partial charge in [-0.3, -0.25) is 14.5 Å². The lowest BCUT2D eigenvalue weighted by Crippen LogP contribution is -2.42. The number of rotatable bonds is 7. The number of carbonyl (C=O) groups is 2. The number of benzene rings is 1. The van der Waals surface area contributed by atoms with E-state index >= 15 is 0 Å². The van der Waals surface area contributed by atoms with Crippen molar-refractivity contribution in [3.8, 4) is 0 Å². The van der Waals surface area contributed by atoms with Gasteiger partial charge in [-0.25, -0.2) is 0 Å². The summed E-state index contributed by atoms with van der Waals surface area (Å²) in [7, 11) is 0. The molecule has 1 N–H and O–H groups in total. The number of piperidine rings is 1. The molecule has 2 aliphatic heterocycles. The summed E-state index contributed by atoms with van der Waals surface area (Å²) in [6.07, 6.45) is 3.01. The van der Waals surface area contributed by atoms with Crippen LogP contribution in [0.4, 0.5) is 0 Å². The molecule has 3 rings (SSSR count). The van der Waals surface area contributed by atoms with Gasteiger partial charge >= 0.3 is 0 Å².